The Morgan fingerprint density at radius 1 is 0.967 bits per heavy atom. The van der Waals surface area contributed by atoms with Crippen LogP contribution < -0.4 is 10.0 Å². The van der Waals surface area contributed by atoms with E-state index in [4.69, 9.17) is 0 Å². The topological polar surface area (TPSA) is 88.2 Å². The van der Waals surface area contributed by atoms with Gasteiger partial charge in [0.15, 0.2) is 0 Å². The van der Waals surface area contributed by atoms with Crippen molar-refractivity contribution in [1.29, 1.82) is 0 Å². The van der Waals surface area contributed by atoms with E-state index in [-0.39, 0.29) is 12.5 Å². The average Bonchev–Trinajstić information content (AvgIpc) is 2.73. The van der Waals surface area contributed by atoms with Crippen molar-refractivity contribution in [3.63, 3.8) is 0 Å². The van der Waals surface area contributed by atoms with Crippen LogP contribution in [-0.2, 0) is 22.7 Å². The van der Waals surface area contributed by atoms with Gasteiger partial charge in [0.25, 0.3) is 5.91 Å². The average molecular weight is 435 g/mol. The highest BCUT2D eigenvalue weighted by Gasteiger charge is 2.31. The number of carbonyl (C=O) groups is 1. The van der Waals surface area contributed by atoms with Gasteiger partial charge < -0.3 is 5.32 Å². The zero-order valence-electron chi connectivity index (χ0n) is 15.3. The van der Waals surface area contributed by atoms with Crippen LogP contribution in [0.3, 0.4) is 0 Å². The summed E-state index contributed by atoms with van der Waals surface area (Å²) in [5.74, 6) is -0.350. The number of sulfonamides is 1. The molecule has 1 aromatic heterocycles. The van der Waals surface area contributed by atoms with Gasteiger partial charge in [-0.3, -0.25) is 9.78 Å². The molecule has 30 heavy (non-hydrogen) atoms. The molecule has 0 aliphatic carbocycles. The Kier molecular flexibility index (Phi) is 6.18. The summed E-state index contributed by atoms with van der Waals surface area (Å²) in [6.45, 7) is -0.148. The number of amides is 1. The lowest BCUT2D eigenvalue weighted by molar-refractivity contribution is -0.137. The smallest absolute Gasteiger partial charge is 0.322 e. The molecule has 0 fully saturated rings. The van der Waals surface area contributed by atoms with E-state index in [2.05, 4.69) is 15.0 Å². The molecule has 2 aromatic carbocycles. The van der Waals surface area contributed by atoms with Crippen LogP contribution in [0.15, 0.2) is 78.0 Å². The van der Waals surface area contributed by atoms with Crippen LogP contribution in [0.5, 0.6) is 0 Å². The van der Waals surface area contributed by atoms with Crippen LogP contribution in [-0.4, -0.2) is 19.3 Å². The highest BCUT2D eigenvalue weighted by atomic mass is 32.2. The number of alkyl halides is 3. The van der Waals surface area contributed by atoms with Gasteiger partial charge in [-0.05, 0) is 48.0 Å². The van der Waals surface area contributed by atoms with Crippen molar-refractivity contribution in [2.45, 2.75) is 17.6 Å². The molecule has 0 saturated carbocycles. The van der Waals surface area contributed by atoms with Crippen molar-refractivity contribution in [1.82, 2.24) is 9.71 Å². The number of rotatable bonds is 6. The summed E-state index contributed by atoms with van der Waals surface area (Å²) in [4.78, 5) is 15.6. The number of halogens is 3. The lowest BCUT2D eigenvalue weighted by Gasteiger charge is -2.11. The third kappa shape index (κ3) is 5.43. The maximum Gasteiger partial charge on any atom is 0.416 e. The molecule has 1 amide bonds. The lowest BCUT2D eigenvalue weighted by atomic mass is 10.1. The number of benzene rings is 2. The molecule has 0 aliphatic heterocycles. The van der Waals surface area contributed by atoms with E-state index in [1.165, 1.54) is 24.5 Å². The Labute approximate surface area is 170 Å². The third-order valence-corrected chi connectivity index (χ3v) is 5.49. The number of nitrogens with zero attached hydrogens (tertiary/aromatic N) is 1. The first-order valence-electron chi connectivity index (χ1n) is 8.62. The summed E-state index contributed by atoms with van der Waals surface area (Å²) in [7, 11) is -4.14. The van der Waals surface area contributed by atoms with Gasteiger partial charge in [0, 0.05) is 30.2 Å². The fourth-order valence-corrected chi connectivity index (χ4v) is 3.58. The summed E-state index contributed by atoms with van der Waals surface area (Å²) in [5.41, 5.74) is 0.421. The fourth-order valence-electron chi connectivity index (χ4n) is 2.51. The second-order valence-corrected chi connectivity index (χ2v) is 8.00. The van der Waals surface area contributed by atoms with Crippen molar-refractivity contribution < 1.29 is 26.4 Å². The van der Waals surface area contributed by atoms with E-state index >= 15 is 0 Å². The molecular formula is C20H16F3N3O3S. The Balaban J connectivity index is 1.65. The summed E-state index contributed by atoms with van der Waals surface area (Å²) >= 11 is 0. The normalized spacial score (nSPS) is 11.8. The molecule has 0 spiro atoms. The summed E-state index contributed by atoms with van der Waals surface area (Å²) in [6, 6.07) is 12.9. The SMILES string of the molecule is O=C(Nc1ccncc1)c1ccc(CNS(=O)(=O)c2cccc(C(F)(F)F)c2)cc1. The van der Waals surface area contributed by atoms with E-state index in [0.29, 0.717) is 22.9 Å². The monoisotopic (exact) mass is 435 g/mol. The van der Waals surface area contributed by atoms with E-state index in [1.54, 1.807) is 24.3 Å². The van der Waals surface area contributed by atoms with Crippen molar-refractivity contribution in [2.75, 3.05) is 5.32 Å². The second kappa shape index (κ2) is 8.64. The van der Waals surface area contributed by atoms with Gasteiger partial charge in [-0.15, -0.1) is 0 Å². The fraction of sp³-hybridized carbons (Fsp3) is 0.100. The first kappa shape index (κ1) is 21.5. The van der Waals surface area contributed by atoms with E-state index in [9.17, 15) is 26.4 Å². The van der Waals surface area contributed by atoms with Crippen LogP contribution in [0, 0.1) is 0 Å². The van der Waals surface area contributed by atoms with Gasteiger partial charge in [0.2, 0.25) is 10.0 Å². The first-order valence-corrected chi connectivity index (χ1v) is 10.1. The van der Waals surface area contributed by atoms with Crippen LogP contribution in [0.2, 0.25) is 0 Å². The molecule has 2 N–H and O–H groups in total. The molecule has 0 aliphatic rings. The largest absolute Gasteiger partial charge is 0.416 e. The zero-order valence-corrected chi connectivity index (χ0v) is 16.2. The molecule has 0 radical (unpaired) electrons. The standard InChI is InChI=1S/C20H16F3N3O3S/c21-20(22,23)16-2-1-3-18(12-16)30(28,29)25-13-14-4-6-15(7-5-14)19(27)26-17-8-10-24-11-9-17/h1-12,25H,13H2,(H,24,26,27). The molecule has 0 unspecified atom stereocenters. The summed E-state index contributed by atoms with van der Waals surface area (Å²) < 4.78 is 65.3. The van der Waals surface area contributed by atoms with Gasteiger partial charge in [0.1, 0.15) is 0 Å². The molecule has 156 valence electrons. The zero-order chi connectivity index (χ0) is 21.8. The third-order valence-electron chi connectivity index (χ3n) is 4.09. The minimum atomic E-state index is -4.64. The van der Waals surface area contributed by atoms with Gasteiger partial charge >= 0.3 is 6.18 Å². The summed E-state index contributed by atoms with van der Waals surface area (Å²) in [5, 5.41) is 2.69. The second-order valence-electron chi connectivity index (χ2n) is 6.24. The highest BCUT2D eigenvalue weighted by molar-refractivity contribution is 7.89. The summed E-state index contributed by atoms with van der Waals surface area (Å²) in [6.07, 6.45) is -1.57. The molecule has 10 heteroatoms. The maximum absolute atomic E-state index is 12.8. The van der Waals surface area contributed by atoms with Crippen molar-refractivity contribution in [3.8, 4) is 0 Å². The lowest BCUT2D eigenvalue weighted by Crippen LogP contribution is -2.23. The van der Waals surface area contributed by atoms with E-state index in [0.717, 1.165) is 18.2 Å². The Bertz CT molecular complexity index is 1130. The van der Waals surface area contributed by atoms with E-state index in [1.807, 2.05) is 0 Å². The number of hydrogen-bond acceptors (Lipinski definition) is 4. The molecule has 0 bridgehead atoms. The molecule has 3 aromatic rings. The number of hydrogen-bond donors (Lipinski definition) is 2. The number of pyridine rings is 1. The van der Waals surface area contributed by atoms with Crippen molar-refractivity contribution in [2.24, 2.45) is 0 Å². The van der Waals surface area contributed by atoms with Crippen LogP contribution in [0.4, 0.5) is 18.9 Å². The molecule has 3 rings (SSSR count). The minimum absolute atomic E-state index is 0.148. The van der Waals surface area contributed by atoms with Gasteiger partial charge in [0.05, 0.1) is 10.5 Å². The molecule has 1 heterocycles. The van der Waals surface area contributed by atoms with E-state index < -0.39 is 26.7 Å². The molecule has 0 saturated heterocycles. The number of carbonyl (C=O) groups excluding carboxylic acids is 1. The van der Waals surface area contributed by atoms with Gasteiger partial charge in [-0.25, -0.2) is 13.1 Å². The Morgan fingerprint density at radius 2 is 1.63 bits per heavy atom. The minimum Gasteiger partial charge on any atom is -0.322 e. The van der Waals surface area contributed by atoms with Crippen molar-refractivity contribution in [3.05, 3.63) is 89.7 Å². The predicted octanol–water partition coefficient (Wildman–Crippen LogP) is 3.83. The quantitative estimate of drug-likeness (QED) is 0.616. The molecular weight excluding hydrogens is 419 g/mol. The predicted molar refractivity (Wildman–Crippen MR) is 104 cm³/mol. The highest BCUT2D eigenvalue weighted by Crippen LogP contribution is 2.30. The number of anilines is 1. The van der Waals surface area contributed by atoms with Gasteiger partial charge in [-0.2, -0.15) is 13.2 Å². The molecule has 6 nitrogen and oxygen atoms in total. The Hall–Kier alpha value is -3.24. The number of nitrogens with one attached hydrogen (secondary N) is 2. The van der Waals surface area contributed by atoms with Crippen LogP contribution in [0.25, 0.3) is 0 Å². The van der Waals surface area contributed by atoms with Crippen LogP contribution in [0.1, 0.15) is 21.5 Å². The number of aromatic nitrogens is 1. The van der Waals surface area contributed by atoms with Crippen LogP contribution >= 0.6 is 0 Å². The first-order chi connectivity index (χ1) is 14.1. The maximum atomic E-state index is 12.8. The Morgan fingerprint density at radius 3 is 2.27 bits per heavy atom. The van der Waals surface area contributed by atoms with Gasteiger partial charge in [-0.1, -0.05) is 18.2 Å². The van der Waals surface area contributed by atoms with Crippen molar-refractivity contribution >= 4 is 21.6 Å². The molecule has 0 atom stereocenters.